The highest BCUT2D eigenvalue weighted by molar-refractivity contribution is 7.16. The highest BCUT2D eigenvalue weighted by Gasteiger charge is 2.26. The standard InChI is InChI=1S/C20H30N4OS/c1-14-12-15(8-10-23(14)2)24(3)11-9-19(25)22-20-17(13-21)16-6-4-5-7-18(16)26-20/h14-15H,4-12H2,1-3H3,(H,22,25)/t14-,15-/m0/s1. The third-order valence-electron chi connectivity index (χ3n) is 6.03. The number of nitriles is 1. The highest BCUT2D eigenvalue weighted by atomic mass is 32.1. The molecule has 1 amide bonds. The Balaban J connectivity index is 1.53. The SMILES string of the molecule is C[C@H]1C[C@@H](N(C)CCC(=O)Nc2sc3c(c2C#N)CCCC3)CCN1C. The number of piperidine rings is 1. The first kappa shape index (κ1) is 19.3. The summed E-state index contributed by atoms with van der Waals surface area (Å²) in [6.45, 7) is 4.16. The van der Waals surface area contributed by atoms with Crippen molar-refractivity contribution in [2.45, 2.75) is 64.0 Å². The lowest BCUT2D eigenvalue weighted by Crippen LogP contribution is -2.46. The minimum atomic E-state index is 0.0212. The summed E-state index contributed by atoms with van der Waals surface area (Å²) in [6, 6.07) is 3.47. The van der Waals surface area contributed by atoms with Crippen molar-refractivity contribution >= 4 is 22.2 Å². The van der Waals surface area contributed by atoms with Crippen LogP contribution in [0.25, 0.3) is 0 Å². The van der Waals surface area contributed by atoms with E-state index >= 15 is 0 Å². The molecule has 1 aromatic rings. The molecule has 2 atom stereocenters. The molecule has 1 aliphatic carbocycles. The molecule has 6 heteroatoms. The third-order valence-corrected chi connectivity index (χ3v) is 7.24. The Kier molecular flexibility index (Phi) is 6.33. The number of rotatable bonds is 5. The normalized spacial score (nSPS) is 23.5. The van der Waals surface area contributed by atoms with Gasteiger partial charge in [0, 0.05) is 29.9 Å². The zero-order valence-electron chi connectivity index (χ0n) is 16.2. The first-order chi connectivity index (χ1) is 12.5. The molecule has 0 spiro atoms. The van der Waals surface area contributed by atoms with E-state index in [9.17, 15) is 10.1 Å². The number of nitrogens with one attached hydrogen (secondary N) is 1. The van der Waals surface area contributed by atoms with Gasteiger partial charge in [-0.25, -0.2) is 0 Å². The highest BCUT2D eigenvalue weighted by Crippen LogP contribution is 2.37. The molecule has 3 rings (SSSR count). The van der Waals surface area contributed by atoms with Gasteiger partial charge in [-0.3, -0.25) is 4.79 Å². The average molecular weight is 375 g/mol. The first-order valence-electron chi connectivity index (χ1n) is 9.74. The number of amides is 1. The molecule has 0 radical (unpaired) electrons. The van der Waals surface area contributed by atoms with E-state index in [-0.39, 0.29) is 5.91 Å². The fraction of sp³-hybridized carbons (Fsp3) is 0.700. The molecule has 0 aromatic carbocycles. The minimum absolute atomic E-state index is 0.0212. The lowest BCUT2D eigenvalue weighted by molar-refractivity contribution is -0.116. The largest absolute Gasteiger partial charge is 0.317 e. The van der Waals surface area contributed by atoms with Gasteiger partial charge in [-0.2, -0.15) is 5.26 Å². The summed E-state index contributed by atoms with van der Waals surface area (Å²) in [6.07, 6.45) is 7.14. The topological polar surface area (TPSA) is 59.4 Å². The molecule has 1 N–H and O–H groups in total. The van der Waals surface area contributed by atoms with E-state index in [1.54, 1.807) is 11.3 Å². The van der Waals surface area contributed by atoms with Gasteiger partial charge in [-0.1, -0.05) is 0 Å². The van der Waals surface area contributed by atoms with E-state index in [4.69, 9.17) is 0 Å². The monoisotopic (exact) mass is 374 g/mol. The van der Waals surface area contributed by atoms with Gasteiger partial charge in [-0.15, -0.1) is 11.3 Å². The molecule has 2 heterocycles. The second-order valence-electron chi connectivity index (χ2n) is 7.81. The fourth-order valence-corrected chi connectivity index (χ4v) is 5.34. The Morgan fingerprint density at radius 3 is 2.92 bits per heavy atom. The lowest BCUT2D eigenvalue weighted by atomic mass is 9.96. The maximum atomic E-state index is 12.4. The molecule has 2 aliphatic rings. The van der Waals surface area contributed by atoms with Crippen molar-refractivity contribution in [3.8, 4) is 6.07 Å². The molecule has 1 fully saturated rings. The molecule has 0 unspecified atom stereocenters. The Morgan fingerprint density at radius 2 is 2.19 bits per heavy atom. The van der Waals surface area contributed by atoms with Crippen molar-refractivity contribution in [2.24, 2.45) is 0 Å². The molecule has 1 aromatic heterocycles. The summed E-state index contributed by atoms with van der Waals surface area (Å²) < 4.78 is 0. The zero-order valence-corrected chi connectivity index (χ0v) is 17.0. The van der Waals surface area contributed by atoms with Gasteiger partial charge in [0.05, 0.1) is 5.56 Å². The van der Waals surface area contributed by atoms with Crippen LogP contribution in [0.3, 0.4) is 0 Å². The summed E-state index contributed by atoms with van der Waals surface area (Å²) >= 11 is 1.60. The number of nitrogens with zero attached hydrogens (tertiary/aromatic N) is 3. The fourth-order valence-electron chi connectivity index (χ4n) is 4.09. The van der Waals surface area contributed by atoms with Gasteiger partial charge in [0.1, 0.15) is 11.1 Å². The van der Waals surface area contributed by atoms with E-state index in [0.29, 0.717) is 24.1 Å². The number of carbonyl (C=O) groups is 1. The van der Waals surface area contributed by atoms with Gasteiger partial charge in [0.2, 0.25) is 5.91 Å². The van der Waals surface area contributed by atoms with Crippen LogP contribution in [-0.2, 0) is 17.6 Å². The summed E-state index contributed by atoms with van der Waals surface area (Å²) in [5.41, 5.74) is 1.88. The van der Waals surface area contributed by atoms with Gasteiger partial charge in [0.15, 0.2) is 0 Å². The maximum absolute atomic E-state index is 12.4. The number of carbonyl (C=O) groups excluding carboxylic acids is 1. The Morgan fingerprint density at radius 1 is 1.42 bits per heavy atom. The Labute approximate surface area is 161 Å². The Bertz CT molecular complexity index is 693. The molecule has 26 heavy (non-hydrogen) atoms. The lowest BCUT2D eigenvalue weighted by Gasteiger charge is -2.39. The number of fused-ring (bicyclic) bond motifs is 1. The summed E-state index contributed by atoms with van der Waals surface area (Å²) in [7, 11) is 4.31. The van der Waals surface area contributed by atoms with Crippen molar-refractivity contribution in [2.75, 3.05) is 32.5 Å². The van der Waals surface area contributed by atoms with Crippen LogP contribution in [0.1, 0.15) is 55.0 Å². The van der Waals surface area contributed by atoms with Crippen molar-refractivity contribution in [1.29, 1.82) is 5.26 Å². The zero-order chi connectivity index (χ0) is 18.7. The summed E-state index contributed by atoms with van der Waals surface area (Å²) in [5, 5.41) is 13.3. The maximum Gasteiger partial charge on any atom is 0.226 e. The molecule has 1 aliphatic heterocycles. The third kappa shape index (κ3) is 4.28. The molecule has 142 valence electrons. The van der Waals surface area contributed by atoms with Gasteiger partial charge < -0.3 is 15.1 Å². The molecule has 0 saturated carbocycles. The molecule has 1 saturated heterocycles. The quantitative estimate of drug-likeness (QED) is 0.859. The number of hydrogen-bond acceptors (Lipinski definition) is 5. The van der Waals surface area contributed by atoms with Crippen LogP contribution in [-0.4, -0.2) is 55.0 Å². The predicted molar refractivity (Wildman–Crippen MR) is 107 cm³/mol. The van der Waals surface area contributed by atoms with Crippen molar-refractivity contribution in [3.05, 3.63) is 16.0 Å². The predicted octanol–water partition coefficient (Wildman–Crippen LogP) is 3.24. The molecule has 5 nitrogen and oxygen atoms in total. The van der Waals surface area contributed by atoms with E-state index < -0.39 is 0 Å². The smallest absolute Gasteiger partial charge is 0.226 e. The van der Waals surface area contributed by atoms with Crippen molar-refractivity contribution in [1.82, 2.24) is 9.80 Å². The van der Waals surface area contributed by atoms with Gasteiger partial charge in [-0.05, 0) is 71.7 Å². The van der Waals surface area contributed by atoms with Crippen LogP contribution in [0, 0.1) is 11.3 Å². The molecular formula is C20H30N4OS. The second-order valence-corrected chi connectivity index (χ2v) is 8.92. The van der Waals surface area contributed by atoms with E-state index in [2.05, 4.69) is 42.2 Å². The van der Waals surface area contributed by atoms with E-state index in [1.807, 2.05) is 0 Å². The van der Waals surface area contributed by atoms with Gasteiger partial charge >= 0.3 is 0 Å². The van der Waals surface area contributed by atoms with Crippen molar-refractivity contribution < 1.29 is 4.79 Å². The average Bonchev–Trinajstić information content (AvgIpc) is 2.98. The van der Waals surface area contributed by atoms with Crippen LogP contribution in [0.4, 0.5) is 5.00 Å². The Hall–Kier alpha value is -1.42. The van der Waals surface area contributed by atoms with Crippen LogP contribution < -0.4 is 5.32 Å². The van der Waals surface area contributed by atoms with E-state index in [0.717, 1.165) is 50.2 Å². The van der Waals surface area contributed by atoms with Crippen molar-refractivity contribution in [3.63, 3.8) is 0 Å². The second kappa shape index (κ2) is 8.51. The number of likely N-dealkylation sites (tertiary alicyclic amines) is 1. The van der Waals surface area contributed by atoms with Crippen LogP contribution in [0.2, 0.25) is 0 Å². The van der Waals surface area contributed by atoms with Crippen LogP contribution >= 0.6 is 11.3 Å². The summed E-state index contributed by atoms with van der Waals surface area (Å²) in [5.74, 6) is 0.0212. The summed E-state index contributed by atoms with van der Waals surface area (Å²) in [4.78, 5) is 18.5. The number of anilines is 1. The minimum Gasteiger partial charge on any atom is -0.317 e. The van der Waals surface area contributed by atoms with Gasteiger partial charge in [0.25, 0.3) is 0 Å². The first-order valence-corrected chi connectivity index (χ1v) is 10.6. The van der Waals surface area contributed by atoms with Crippen LogP contribution in [0.15, 0.2) is 0 Å². The number of aryl methyl sites for hydroxylation is 1. The number of thiophene rings is 1. The van der Waals surface area contributed by atoms with E-state index in [1.165, 1.54) is 16.9 Å². The molecular weight excluding hydrogens is 344 g/mol. The number of hydrogen-bond donors (Lipinski definition) is 1. The van der Waals surface area contributed by atoms with Crippen LogP contribution in [0.5, 0.6) is 0 Å². The molecule has 0 bridgehead atoms.